The van der Waals surface area contributed by atoms with Crippen LogP contribution in [0.1, 0.15) is 42.5 Å². The van der Waals surface area contributed by atoms with Crippen molar-refractivity contribution in [3.63, 3.8) is 0 Å². The molecule has 1 fully saturated rings. The molecule has 0 unspecified atom stereocenters. The van der Waals surface area contributed by atoms with E-state index in [4.69, 9.17) is 4.74 Å². The van der Waals surface area contributed by atoms with Gasteiger partial charge in [-0.2, -0.15) is 0 Å². The van der Waals surface area contributed by atoms with Gasteiger partial charge in [0, 0.05) is 36.6 Å². The SMILES string of the molecule is C=C(Nc1ccccc1O)c1ccc([C@H](CC)NC(=O)O[C@@]2(c3cccnc3)CCNC2)cc1. The maximum atomic E-state index is 12.9. The highest BCUT2D eigenvalue weighted by Gasteiger charge is 2.40. The van der Waals surface area contributed by atoms with Gasteiger partial charge in [0.2, 0.25) is 0 Å². The summed E-state index contributed by atoms with van der Waals surface area (Å²) in [5.74, 6) is 0.163. The minimum absolute atomic E-state index is 0.163. The number of carbonyl (C=O) groups excluding carboxylic acids is 1. The average molecular weight is 459 g/mol. The normalized spacial score (nSPS) is 18.1. The van der Waals surface area contributed by atoms with E-state index in [9.17, 15) is 9.90 Å². The number of anilines is 1. The van der Waals surface area contributed by atoms with Crippen LogP contribution in [0.4, 0.5) is 10.5 Å². The van der Waals surface area contributed by atoms with E-state index < -0.39 is 11.7 Å². The zero-order valence-corrected chi connectivity index (χ0v) is 19.3. The van der Waals surface area contributed by atoms with Crippen LogP contribution >= 0.6 is 0 Å². The molecule has 176 valence electrons. The van der Waals surface area contributed by atoms with Crippen LogP contribution in [0.3, 0.4) is 0 Å². The van der Waals surface area contributed by atoms with E-state index in [-0.39, 0.29) is 11.8 Å². The van der Waals surface area contributed by atoms with E-state index >= 15 is 0 Å². The van der Waals surface area contributed by atoms with Gasteiger partial charge in [-0.1, -0.05) is 56.0 Å². The number of ether oxygens (including phenoxy) is 1. The van der Waals surface area contributed by atoms with Crippen molar-refractivity contribution in [3.05, 3.63) is 96.3 Å². The Bertz CT molecular complexity index is 1130. The number of alkyl carbamates (subject to hydrolysis) is 1. The first kappa shape index (κ1) is 23.3. The molecule has 0 bridgehead atoms. The monoisotopic (exact) mass is 458 g/mol. The lowest BCUT2D eigenvalue weighted by Crippen LogP contribution is -2.40. The fourth-order valence-corrected chi connectivity index (χ4v) is 4.19. The molecule has 0 spiro atoms. The number of phenols is 1. The molecular formula is C27H30N4O3. The van der Waals surface area contributed by atoms with E-state index in [0.717, 1.165) is 23.2 Å². The van der Waals surface area contributed by atoms with Crippen LogP contribution in [-0.4, -0.2) is 29.3 Å². The van der Waals surface area contributed by atoms with Gasteiger partial charge in [-0.3, -0.25) is 4.98 Å². The van der Waals surface area contributed by atoms with E-state index in [1.807, 2.05) is 49.4 Å². The lowest BCUT2D eigenvalue weighted by Gasteiger charge is -2.29. The predicted molar refractivity (Wildman–Crippen MR) is 133 cm³/mol. The molecule has 1 aliphatic heterocycles. The number of amides is 1. The van der Waals surface area contributed by atoms with Gasteiger partial charge in [-0.05, 0) is 42.3 Å². The molecule has 34 heavy (non-hydrogen) atoms. The second kappa shape index (κ2) is 10.4. The van der Waals surface area contributed by atoms with Gasteiger partial charge in [0.25, 0.3) is 0 Å². The van der Waals surface area contributed by atoms with Gasteiger partial charge >= 0.3 is 6.09 Å². The van der Waals surface area contributed by atoms with Crippen molar-refractivity contribution in [3.8, 4) is 5.75 Å². The van der Waals surface area contributed by atoms with Crippen molar-refractivity contribution in [1.29, 1.82) is 0 Å². The Morgan fingerprint density at radius 2 is 2.00 bits per heavy atom. The second-order valence-corrected chi connectivity index (χ2v) is 8.40. The number of para-hydroxylation sites is 2. The summed E-state index contributed by atoms with van der Waals surface area (Å²) in [6.07, 6.45) is 4.43. The predicted octanol–water partition coefficient (Wildman–Crippen LogP) is 4.94. The molecule has 1 amide bonds. The molecule has 0 saturated carbocycles. The lowest BCUT2D eigenvalue weighted by molar-refractivity contribution is 0.0205. The molecule has 2 heterocycles. The molecule has 1 aliphatic rings. The maximum Gasteiger partial charge on any atom is 0.408 e. The summed E-state index contributed by atoms with van der Waals surface area (Å²) in [4.78, 5) is 17.1. The number of phenolic OH excluding ortho intramolecular Hbond substituents is 1. The number of carbonyl (C=O) groups is 1. The number of hydrogen-bond donors (Lipinski definition) is 4. The first-order chi connectivity index (χ1) is 16.5. The largest absolute Gasteiger partial charge is 0.506 e. The Balaban J connectivity index is 1.41. The van der Waals surface area contributed by atoms with Crippen molar-refractivity contribution in [2.75, 3.05) is 18.4 Å². The highest BCUT2D eigenvalue weighted by molar-refractivity contribution is 5.77. The zero-order valence-electron chi connectivity index (χ0n) is 19.3. The van der Waals surface area contributed by atoms with Gasteiger partial charge in [0.1, 0.15) is 5.75 Å². The third-order valence-corrected chi connectivity index (χ3v) is 6.14. The Hall–Kier alpha value is -3.84. The number of aromatic nitrogens is 1. The van der Waals surface area contributed by atoms with Crippen molar-refractivity contribution in [2.24, 2.45) is 0 Å². The average Bonchev–Trinajstić information content (AvgIpc) is 3.34. The molecule has 2 aromatic carbocycles. The Morgan fingerprint density at radius 1 is 1.21 bits per heavy atom. The molecule has 2 atom stereocenters. The molecule has 3 aromatic rings. The van der Waals surface area contributed by atoms with E-state index in [1.54, 1.807) is 30.6 Å². The van der Waals surface area contributed by atoms with E-state index in [0.29, 0.717) is 30.8 Å². The smallest absolute Gasteiger partial charge is 0.408 e. The molecule has 0 aliphatic carbocycles. The van der Waals surface area contributed by atoms with Crippen molar-refractivity contribution in [1.82, 2.24) is 15.6 Å². The highest BCUT2D eigenvalue weighted by Crippen LogP contribution is 2.32. The fourth-order valence-electron chi connectivity index (χ4n) is 4.19. The first-order valence-corrected chi connectivity index (χ1v) is 11.5. The molecule has 1 saturated heterocycles. The molecule has 1 aromatic heterocycles. The summed E-state index contributed by atoms with van der Waals surface area (Å²) in [6.45, 7) is 7.43. The van der Waals surface area contributed by atoms with E-state index in [2.05, 4.69) is 27.5 Å². The quantitative estimate of drug-likeness (QED) is 0.357. The Kier molecular flexibility index (Phi) is 7.13. The zero-order chi connectivity index (χ0) is 24.0. The molecule has 7 heteroatoms. The summed E-state index contributed by atoms with van der Waals surface area (Å²) < 4.78 is 5.98. The number of aromatic hydroxyl groups is 1. The van der Waals surface area contributed by atoms with Crippen LogP contribution in [0.2, 0.25) is 0 Å². The summed E-state index contributed by atoms with van der Waals surface area (Å²) in [7, 11) is 0. The van der Waals surface area contributed by atoms with Crippen LogP contribution in [0, 0.1) is 0 Å². The van der Waals surface area contributed by atoms with E-state index in [1.165, 1.54) is 0 Å². The minimum atomic E-state index is -0.715. The number of nitrogens with zero attached hydrogens (tertiary/aromatic N) is 1. The Labute approximate surface area is 199 Å². The second-order valence-electron chi connectivity index (χ2n) is 8.40. The van der Waals surface area contributed by atoms with Gasteiger partial charge in [-0.25, -0.2) is 4.79 Å². The van der Waals surface area contributed by atoms with Crippen LogP contribution in [0.15, 0.2) is 79.6 Å². The number of nitrogens with one attached hydrogen (secondary N) is 3. The van der Waals surface area contributed by atoms with Crippen LogP contribution in [0.25, 0.3) is 5.70 Å². The fraction of sp³-hybridized carbons (Fsp3) is 0.259. The lowest BCUT2D eigenvalue weighted by atomic mass is 9.94. The summed E-state index contributed by atoms with van der Waals surface area (Å²) >= 11 is 0. The molecule has 4 N–H and O–H groups in total. The first-order valence-electron chi connectivity index (χ1n) is 11.5. The van der Waals surface area contributed by atoms with Gasteiger partial charge in [0.15, 0.2) is 5.60 Å². The summed E-state index contributed by atoms with van der Waals surface area (Å²) in [5, 5.41) is 19.4. The van der Waals surface area contributed by atoms with Gasteiger partial charge < -0.3 is 25.8 Å². The molecule has 0 radical (unpaired) electrons. The minimum Gasteiger partial charge on any atom is -0.506 e. The maximum absolute atomic E-state index is 12.9. The number of pyridine rings is 1. The standard InChI is InChI=1S/C27H30N4O3/c1-3-23(31-26(33)34-27(14-16-29-18-27)22-7-6-15-28-17-22)21-12-10-20(11-13-21)19(2)30-24-8-4-5-9-25(24)32/h4-13,15,17,23,29-30,32H,2-3,14,16,18H2,1H3,(H,31,33)/t23-,27-/m0/s1. The van der Waals surface area contributed by atoms with Gasteiger partial charge in [0.05, 0.1) is 11.7 Å². The summed E-state index contributed by atoms with van der Waals surface area (Å²) in [6, 6.07) is 18.4. The highest BCUT2D eigenvalue weighted by atomic mass is 16.6. The summed E-state index contributed by atoms with van der Waals surface area (Å²) in [5.41, 5.74) is 3.29. The Morgan fingerprint density at radius 3 is 2.65 bits per heavy atom. The van der Waals surface area contributed by atoms with Crippen LogP contribution in [-0.2, 0) is 10.3 Å². The molecule has 7 nitrogen and oxygen atoms in total. The van der Waals surface area contributed by atoms with Crippen molar-refractivity contribution < 1.29 is 14.6 Å². The number of rotatable bonds is 8. The van der Waals surface area contributed by atoms with Crippen molar-refractivity contribution in [2.45, 2.75) is 31.4 Å². The third kappa shape index (κ3) is 5.21. The third-order valence-electron chi connectivity index (χ3n) is 6.14. The van der Waals surface area contributed by atoms with Crippen LogP contribution < -0.4 is 16.0 Å². The topological polar surface area (TPSA) is 95.5 Å². The van der Waals surface area contributed by atoms with Gasteiger partial charge in [-0.15, -0.1) is 0 Å². The molecule has 4 rings (SSSR count). The van der Waals surface area contributed by atoms with Crippen LogP contribution in [0.5, 0.6) is 5.75 Å². The molecular weight excluding hydrogens is 428 g/mol. The number of benzene rings is 2. The van der Waals surface area contributed by atoms with Crippen molar-refractivity contribution >= 4 is 17.5 Å². The number of hydrogen-bond acceptors (Lipinski definition) is 6.